The molecule has 0 heterocycles. The topological polar surface area (TPSA) is 93.1 Å². The van der Waals surface area contributed by atoms with E-state index in [1.54, 1.807) is 6.07 Å². The third kappa shape index (κ3) is 4.22. The van der Waals surface area contributed by atoms with Crippen LogP contribution in [0.5, 0.6) is 0 Å². The van der Waals surface area contributed by atoms with E-state index in [1.165, 1.54) is 31.2 Å². The molecule has 0 unspecified atom stereocenters. The van der Waals surface area contributed by atoms with Gasteiger partial charge in [-0.05, 0) is 19.1 Å². The maximum Gasteiger partial charge on any atom is 0.381 e. The lowest BCUT2D eigenvalue weighted by atomic mass is 10.1. The summed E-state index contributed by atoms with van der Waals surface area (Å²) in [5.41, 5.74) is -0.0442. The monoisotopic (exact) mass is 318 g/mol. The number of hydrogen-bond donors (Lipinski definition) is 2. The van der Waals surface area contributed by atoms with Gasteiger partial charge < -0.3 is 19.7 Å². The standard InChI is InChI=1S/C14H16F2O6/c1-2-21-13(20)14(15,16)11(10(18)8-17)22-12(19)9-6-4-3-5-7-9/h3-7,10-11,17-18H,2,8H2,1H3/t10-,11+/m1/s1. The maximum absolute atomic E-state index is 14.0. The second-order valence-corrected chi connectivity index (χ2v) is 4.29. The number of ether oxygens (including phenoxy) is 2. The summed E-state index contributed by atoms with van der Waals surface area (Å²) in [5.74, 6) is -7.42. The quantitative estimate of drug-likeness (QED) is 0.721. The Hall–Kier alpha value is -2.06. The molecule has 0 saturated carbocycles. The Kier molecular flexibility index (Phi) is 6.39. The summed E-state index contributed by atoms with van der Waals surface area (Å²) in [6.45, 7) is -0.119. The molecule has 0 saturated heterocycles. The van der Waals surface area contributed by atoms with Gasteiger partial charge in [0.25, 0.3) is 0 Å². The average molecular weight is 318 g/mol. The lowest BCUT2D eigenvalue weighted by molar-refractivity contribution is -0.202. The Morgan fingerprint density at radius 3 is 2.36 bits per heavy atom. The van der Waals surface area contributed by atoms with Crippen molar-refractivity contribution < 1.29 is 38.1 Å². The molecule has 0 bridgehead atoms. The van der Waals surface area contributed by atoms with Crippen molar-refractivity contribution in [1.82, 2.24) is 0 Å². The van der Waals surface area contributed by atoms with E-state index < -0.39 is 36.7 Å². The highest BCUT2D eigenvalue weighted by Gasteiger charge is 2.54. The van der Waals surface area contributed by atoms with E-state index >= 15 is 0 Å². The normalized spacial score (nSPS) is 14.0. The number of aliphatic hydroxyl groups is 2. The summed E-state index contributed by atoms with van der Waals surface area (Å²) in [4.78, 5) is 23.1. The average Bonchev–Trinajstić information content (AvgIpc) is 2.52. The summed E-state index contributed by atoms with van der Waals surface area (Å²) >= 11 is 0. The number of carbonyl (C=O) groups excluding carboxylic acids is 2. The molecule has 0 aromatic heterocycles. The number of esters is 2. The van der Waals surface area contributed by atoms with Crippen LogP contribution >= 0.6 is 0 Å². The molecule has 6 nitrogen and oxygen atoms in total. The van der Waals surface area contributed by atoms with Crippen LogP contribution in [0.2, 0.25) is 0 Å². The van der Waals surface area contributed by atoms with Crippen molar-refractivity contribution >= 4 is 11.9 Å². The molecule has 0 aliphatic carbocycles. The van der Waals surface area contributed by atoms with E-state index in [0.717, 1.165) is 0 Å². The van der Waals surface area contributed by atoms with Gasteiger partial charge in [0.15, 0.2) is 0 Å². The smallest absolute Gasteiger partial charge is 0.381 e. The fraction of sp³-hybridized carbons (Fsp3) is 0.429. The molecular weight excluding hydrogens is 302 g/mol. The molecule has 0 aliphatic rings. The Bertz CT molecular complexity index is 505. The maximum atomic E-state index is 14.0. The van der Waals surface area contributed by atoms with Crippen molar-refractivity contribution in [3.8, 4) is 0 Å². The van der Waals surface area contributed by atoms with E-state index in [0.29, 0.717) is 0 Å². The first-order chi connectivity index (χ1) is 10.3. The van der Waals surface area contributed by atoms with E-state index in [1.807, 2.05) is 0 Å². The van der Waals surface area contributed by atoms with Gasteiger partial charge in [0.1, 0.15) is 6.10 Å². The van der Waals surface area contributed by atoms with Crippen LogP contribution in [0.25, 0.3) is 0 Å². The molecule has 1 aromatic rings. The van der Waals surface area contributed by atoms with Gasteiger partial charge in [-0.3, -0.25) is 0 Å². The van der Waals surface area contributed by atoms with Crippen LogP contribution in [-0.2, 0) is 14.3 Å². The SMILES string of the molecule is CCOC(=O)C(F)(F)[C@@H](OC(=O)c1ccccc1)[C@H](O)CO. The second-order valence-electron chi connectivity index (χ2n) is 4.29. The van der Waals surface area contributed by atoms with Crippen LogP contribution in [0, 0.1) is 0 Å². The van der Waals surface area contributed by atoms with Crippen LogP contribution in [0.3, 0.4) is 0 Å². The number of benzene rings is 1. The van der Waals surface area contributed by atoms with Crippen LogP contribution in [0.1, 0.15) is 17.3 Å². The Labute approximate surface area is 125 Å². The lowest BCUT2D eigenvalue weighted by Gasteiger charge is -2.27. The zero-order valence-electron chi connectivity index (χ0n) is 11.7. The fourth-order valence-electron chi connectivity index (χ4n) is 1.59. The van der Waals surface area contributed by atoms with E-state index in [2.05, 4.69) is 9.47 Å². The first-order valence-corrected chi connectivity index (χ1v) is 6.44. The summed E-state index contributed by atoms with van der Waals surface area (Å²) < 4.78 is 36.6. The summed E-state index contributed by atoms with van der Waals surface area (Å²) in [5, 5.41) is 18.3. The first-order valence-electron chi connectivity index (χ1n) is 6.44. The first kappa shape index (κ1) is 18.0. The minimum Gasteiger partial charge on any atom is -0.461 e. The lowest BCUT2D eigenvalue weighted by Crippen LogP contribution is -2.52. The predicted octanol–water partition coefficient (Wildman–Crippen LogP) is 0.764. The van der Waals surface area contributed by atoms with Gasteiger partial charge in [0.2, 0.25) is 6.10 Å². The Morgan fingerprint density at radius 2 is 1.86 bits per heavy atom. The van der Waals surface area contributed by atoms with Crippen molar-refractivity contribution in [2.45, 2.75) is 25.1 Å². The molecule has 22 heavy (non-hydrogen) atoms. The van der Waals surface area contributed by atoms with Gasteiger partial charge in [-0.2, -0.15) is 8.78 Å². The molecule has 0 spiro atoms. The molecule has 8 heteroatoms. The number of halogens is 2. The molecular formula is C14H16F2O6. The molecule has 0 amide bonds. The third-order valence-electron chi connectivity index (χ3n) is 2.68. The van der Waals surface area contributed by atoms with Crippen molar-refractivity contribution in [2.24, 2.45) is 0 Å². The van der Waals surface area contributed by atoms with Crippen LogP contribution in [0.4, 0.5) is 8.78 Å². The van der Waals surface area contributed by atoms with Crippen molar-refractivity contribution in [3.05, 3.63) is 35.9 Å². The number of rotatable bonds is 7. The predicted molar refractivity (Wildman–Crippen MR) is 70.3 cm³/mol. The van der Waals surface area contributed by atoms with E-state index in [4.69, 9.17) is 5.11 Å². The third-order valence-corrected chi connectivity index (χ3v) is 2.68. The van der Waals surface area contributed by atoms with Crippen LogP contribution in [-0.4, -0.2) is 53.5 Å². The molecule has 0 radical (unpaired) electrons. The summed E-state index contributed by atoms with van der Waals surface area (Å²) in [6.07, 6.45) is -4.71. The number of hydrogen-bond acceptors (Lipinski definition) is 6. The largest absolute Gasteiger partial charge is 0.461 e. The number of alkyl halides is 2. The summed E-state index contributed by atoms with van der Waals surface area (Å²) in [7, 11) is 0. The zero-order valence-corrected chi connectivity index (χ0v) is 11.7. The molecule has 1 aromatic carbocycles. The minimum atomic E-state index is -4.30. The van der Waals surface area contributed by atoms with Gasteiger partial charge in [-0.1, -0.05) is 18.2 Å². The van der Waals surface area contributed by atoms with Crippen molar-refractivity contribution in [1.29, 1.82) is 0 Å². The van der Waals surface area contributed by atoms with Gasteiger partial charge in [-0.25, -0.2) is 9.59 Å². The minimum absolute atomic E-state index is 0.0442. The van der Waals surface area contributed by atoms with Crippen molar-refractivity contribution in [2.75, 3.05) is 13.2 Å². The number of carbonyl (C=O) groups is 2. The highest BCUT2D eigenvalue weighted by atomic mass is 19.3. The molecule has 122 valence electrons. The number of aliphatic hydroxyl groups excluding tert-OH is 2. The van der Waals surface area contributed by atoms with E-state index in [-0.39, 0.29) is 12.2 Å². The van der Waals surface area contributed by atoms with Gasteiger partial charge in [-0.15, -0.1) is 0 Å². The van der Waals surface area contributed by atoms with Gasteiger partial charge in [0.05, 0.1) is 18.8 Å². The van der Waals surface area contributed by atoms with Crippen LogP contribution in [0.15, 0.2) is 30.3 Å². The molecule has 0 fully saturated rings. The van der Waals surface area contributed by atoms with E-state index in [9.17, 15) is 23.5 Å². The van der Waals surface area contributed by atoms with Crippen molar-refractivity contribution in [3.63, 3.8) is 0 Å². The fourth-order valence-corrected chi connectivity index (χ4v) is 1.59. The van der Waals surface area contributed by atoms with Crippen LogP contribution < -0.4 is 0 Å². The molecule has 2 N–H and O–H groups in total. The molecule has 2 atom stereocenters. The Balaban J connectivity index is 2.99. The molecule has 1 rings (SSSR count). The van der Waals surface area contributed by atoms with Gasteiger partial charge >= 0.3 is 17.9 Å². The molecule has 0 aliphatic heterocycles. The highest BCUT2D eigenvalue weighted by Crippen LogP contribution is 2.27. The highest BCUT2D eigenvalue weighted by molar-refractivity contribution is 5.90. The Morgan fingerprint density at radius 1 is 1.27 bits per heavy atom. The second kappa shape index (κ2) is 7.81. The van der Waals surface area contributed by atoms with Gasteiger partial charge in [0, 0.05) is 0 Å². The zero-order chi connectivity index (χ0) is 16.8. The summed E-state index contributed by atoms with van der Waals surface area (Å²) in [6, 6.07) is 7.19.